The second-order valence-corrected chi connectivity index (χ2v) is 4.92. The van der Waals surface area contributed by atoms with Crippen molar-refractivity contribution >= 4 is 17.3 Å². The van der Waals surface area contributed by atoms with E-state index in [1.807, 2.05) is 18.2 Å². The van der Waals surface area contributed by atoms with Crippen LogP contribution in [0.2, 0.25) is 5.02 Å². The van der Waals surface area contributed by atoms with E-state index in [0.29, 0.717) is 11.1 Å². The van der Waals surface area contributed by atoms with E-state index in [4.69, 9.17) is 22.1 Å². The number of benzene rings is 1. The van der Waals surface area contributed by atoms with Crippen molar-refractivity contribution in [1.82, 2.24) is 4.90 Å². The van der Waals surface area contributed by atoms with E-state index in [9.17, 15) is 0 Å². The molecular weight excluding hydrogens is 236 g/mol. The second-order valence-electron chi connectivity index (χ2n) is 4.48. The van der Waals surface area contributed by atoms with Gasteiger partial charge in [0.2, 0.25) is 0 Å². The van der Waals surface area contributed by atoms with Crippen LogP contribution in [0.4, 0.5) is 5.69 Å². The number of hydrogen-bond donors (Lipinski definition) is 1. The van der Waals surface area contributed by atoms with Crippen LogP contribution in [0.3, 0.4) is 0 Å². The molecule has 3 nitrogen and oxygen atoms in total. The Labute approximate surface area is 107 Å². The molecular formula is C13H19ClN2O. The molecule has 2 rings (SSSR count). The third kappa shape index (κ3) is 3.35. The van der Waals surface area contributed by atoms with Gasteiger partial charge >= 0.3 is 0 Å². The maximum Gasteiger partial charge on any atom is 0.0700 e. The molecule has 0 aliphatic carbocycles. The normalized spacial score (nSPS) is 21.6. The Morgan fingerprint density at radius 3 is 3.06 bits per heavy atom. The predicted octanol–water partition coefficient (Wildman–Crippen LogP) is 2.53. The quantitative estimate of drug-likeness (QED) is 0.843. The zero-order valence-corrected chi connectivity index (χ0v) is 10.9. The highest BCUT2D eigenvalue weighted by Gasteiger charge is 2.19. The van der Waals surface area contributed by atoms with Crippen molar-refractivity contribution in [2.75, 3.05) is 25.4 Å². The van der Waals surface area contributed by atoms with Gasteiger partial charge in [0.1, 0.15) is 0 Å². The highest BCUT2D eigenvalue weighted by Crippen LogP contribution is 2.20. The molecule has 1 saturated heterocycles. The van der Waals surface area contributed by atoms with Gasteiger partial charge in [-0.3, -0.25) is 4.90 Å². The van der Waals surface area contributed by atoms with Crippen LogP contribution in [0.1, 0.15) is 18.9 Å². The minimum absolute atomic E-state index is 0.359. The lowest BCUT2D eigenvalue weighted by Crippen LogP contribution is -2.41. The third-order valence-electron chi connectivity index (χ3n) is 3.18. The van der Waals surface area contributed by atoms with Gasteiger partial charge in [0.25, 0.3) is 0 Å². The summed E-state index contributed by atoms with van der Waals surface area (Å²) in [5.74, 6) is 0. The van der Waals surface area contributed by atoms with Gasteiger partial charge in [0.15, 0.2) is 0 Å². The van der Waals surface area contributed by atoms with Gasteiger partial charge in [0.05, 0.1) is 12.7 Å². The first-order chi connectivity index (χ1) is 8.19. The van der Waals surface area contributed by atoms with Crippen molar-refractivity contribution in [3.05, 3.63) is 28.8 Å². The number of hydrogen-bond acceptors (Lipinski definition) is 3. The highest BCUT2D eigenvalue weighted by molar-refractivity contribution is 6.30. The Kier molecular flexibility index (Phi) is 4.26. The van der Waals surface area contributed by atoms with Crippen molar-refractivity contribution < 1.29 is 4.74 Å². The van der Waals surface area contributed by atoms with Crippen molar-refractivity contribution in [3.8, 4) is 0 Å². The fourth-order valence-corrected chi connectivity index (χ4v) is 2.30. The van der Waals surface area contributed by atoms with Crippen molar-refractivity contribution in [2.24, 2.45) is 0 Å². The molecule has 1 aromatic rings. The third-order valence-corrected chi connectivity index (χ3v) is 3.42. The van der Waals surface area contributed by atoms with E-state index in [1.54, 1.807) is 0 Å². The van der Waals surface area contributed by atoms with Crippen LogP contribution in [0, 0.1) is 0 Å². The molecule has 0 bridgehead atoms. The molecule has 0 spiro atoms. The Morgan fingerprint density at radius 1 is 1.53 bits per heavy atom. The minimum Gasteiger partial charge on any atom is -0.398 e. The van der Waals surface area contributed by atoms with Crippen LogP contribution in [-0.2, 0) is 11.3 Å². The first-order valence-electron chi connectivity index (χ1n) is 6.07. The molecule has 2 N–H and O–H groups in total. The zero-order valence-electron chi connectivity index (χ0n) is 10.2. The number of rotatable bonds is 3. The molecule has 0 aromatic heterocycles. The fourth-order valence-electron chi connectivity index (χ4n) is 2.12. The molecule has 0 radical (unpaired) electrons. The molecule has 94 valence electrons. The summed E-state index contributed by atoms with van der Waals surface area (Å²) < 4.78 is 5.65. The summed E-state index contributed by atoms with van der Waals surface area (Å²) >= 11 is 5.89. The lowest BCUT2D eigenvalue weighted by Gasteiger charge is -2.32. The van der Waals surface area contributed by atoms with Gasteiger partial charge in [-0.05, 0) is 24.1 Å². The number of nitrogens with two attached hydrogens (primary N) is 1. The number of ether oxygens (including phenoxy) is 1. The molecule has 1 heterocycles. The van der Waals surface area contributed by atoms with Crippen LogP contribution in [-0.4, -0.2) is 30.7 Å². The summed E-state index contributed by atoms with van der Waals surface area (Å²) in [5.41, 5.74) is 7.88. The molecule has 1 unspecified atom stereocenters. The number of nitrogens with zero attached hydrogens (tertiary/aromatic N) is 1. The van der Waals surface area contributed by atoms with Gasteiger partial charge in [-0.2, -0.15) is 0 Å². The van der Waals surface area contributed by atoms with Crippen LogP contribution < -0.4 is 5.73 Å². The summed E-state index contributed by atoms with van der Waals surface area (Å²) in [6.45, 7) is 5.80. The highest BCUT2D eigenvalue weighted by atomic mass is 35.5. The molecule has 1 aliphatic heterocycles. The van der Waals surface area contributed by atoms with Gasteiger partial charge < -0.3 is 10.5 Å². The van der Waals surface area contributed by atoms with Gasteiger partial charge in [-0.1, -0.05) is 24.6 Å². The topological polar surface area (TPSA) is 38.5 Å². The minimum atomic E-state index is 0.359. The fraction of sp³-hybridized carbons (Fsp3) is 0.538. The zero-order chi connectivity index (χ0) is 12.3. The summed E-state index contributed by atoms with van der Waals surface area (Å²) in [6.07, 6.45) is 1.42. The van der Waals surface area contributed by atoms with Crippen LogP contribution in [0.15, 0.2) is 18.2 Å². The van der Waals surface area contributed by atoms with E-state index in [1.165, 1.54) is 0 Å². The van der Waals surface area contributed by atoms with Gasteiger partial charge in [-0.25, -0.2) is 0 Å². The monoisotopic (exact) mass is 254 g/mol. The molecule has 0 amide bonds. The summed E-state index contributed by atoms with van der Waals surface area (Å²) in [7, 11) is 0. The van der Waals surface area contributed by atoms with E-state index in [-0.39, 0.29) is 0 Å². The molecule has 0 saturated carbocycles. The van der Waals surface area contributed by atoms with Crippen LogP contribution >= 0.6 is 11.6 Å². The summed E-state index contributed by atoms with van der Waals surface area (Å²) in [6, 6.07) is 5.72. The van der Waals surface area contributed by atoms with Gasteiger partial charge in [-0.15, -0.1) is 0 Å². The van der Waals surface area contributed by atoms with Crippen LogP contribution in [0.25, 0.3) is 0 Å². The lowest BCUT2D eigenvalue weighted by atomic mass is 10.1. The number of morpholine rings is 1. The van der Waals surface area contributed by atoms with E-state index in [2.05, 4.69) is 11.8 Å². The van der Waals surface area contributed by atoms with Crippen molar-refractivity contribution in [1.29, 1.82) is 0 Å². The molecule has 1 atom stereocenters. The summed E-state index contributed by atoms with van der Waals surface area (Å²) in [4.78, 5) is 2.39. The Balaban J connectivity index is 2.00. The van der Waals surface area contributed by atoms with Crippen molar-refractivity contribution in [2.45, 2.75) is 26.0 Å². The summed E-state index contributed by atoms with van der Waals surface area (Å²) in [5, 5.41) is 0.694. The molecule has 4 heteroatoms. The number of halogens is 1. The first kappa shape index (κ1) is 12.7. The Hall–Kier alpha value is -0.770. The second kappa shape index (κ2) is 5.71. The van der Waals surface area contributed by atoms with E-state index in [0.717, 1.165) is 43.9 Å². The predicted molar refractivity (Wildman–Crippen MR) is 71.2 cm³/mol. The largest absolute Gasteiger partial charge is 0.398 e. The SMILES string of the molecule is CCC1CN(Cc2ccc(Cl)cc2N)CCO1. The maximum absolute atomic E-state index is 5.96. The smallest absolute Gasteiger partial charge is 0.0700 e. The van der Waals surface area contributed by atoms with E-state index < -0.39 is 0 Å². The molecule has 17 heavy (non-hydrogen) atoms. The van der Waals surface area contributed by atoms with Crippen molar-refractivity contribution in [3.63, 3.8) is 0 Å². The number of anilines is 1. The van der Waals surface area contributed by atoms with E-state index >= 15 is 0 Å². The standard InChI is InChI=1S/C13H19ClN2O/c1-2-12-9-16(5-6-17-12)8-10-3-4-11(14)7-13(10)15/h3-4,7,12H,2,5-6,8-9,15H2,1H3. The first-order valence-corrected chi connectivity index (χ1v) is 6.44. The lowest BCUT2D eigenvalue weighted by molar-refractivity contribution is -0.0324. The average Bonchev–Trinajstić information content (AvgIpc) is 2.33. The molecule has 1 fully saturated rings. The average molecular weight is 255 g/mol. The molecule has 1 aliphatic rings. The Morgan fingerprint density at radius 2 is 2.35 bits per heavy atom. The Bertz CT molecular complexity index is 384. The molecule has 1 aromatic carbocycles. The number of nitrogen functional groups attached to an aromatic ring is 1. The maximum atomic E-state index is 5.96. The van der Waals surface area contributed by atoms with Gasteiger partial charge in [0, 0.05) is 30.3 Å². The van der Waals surface area contributed by atoms with Crippen LogP contribution in [0.5, 0.6) is 0 Å².